The zero-order valence-corrected chi connectivity index (χ0v) is 37.0. The standard InChI is InChI=1S/C47H54ClN7O6S/c1-31(36-24-34-13-17-49-45(34)51-29-36)41-25-38(54-20-18-53(19-21-54)30-35-12-16-47(2,3)27-42(35)33-4-6-37(48)7-5-33)8-10-40(41)46(56)52-62(59,60)39-9-11-43(44(26-39)55(57)58)50-28-32-14-22-61-23-15-32/h4-11,13,17,24-26,29,31-32,50H,12,14-16,18-23,27-28,30H2,1-3H3,(H,49,51)(H,52,56)/t31-/m0/s1. The monoisotopic (exact) mass is 879 g/mol. The van der Waals surface area contributed by atoms with Gasteiger partial charge in [-0.05, 0) is 120 Å². The van der Waals surface area contributed by atoms with Crippen LogP contribution in [0.2, 0.25) is 5.02 Å². The van der Waals surface area contributed by atoms with Crippen molar-refractivity contribution in [3.05, 3.63) is 128 Å². The molecule has 13 nitrogen and oxygen atoms in total. The lowest BCUT2D eigenvalue weighted by molar-refractivity contribution is -0.384. The SMILES string of the molecule is C[C@@H](c1cnc2[nH]ccc2c1)c1cc(N2CCN(CC3=C(c4ccc(Cl)cc4)CC(C)(C)CC3)CC2)ccc1C(=O)NS(=O)(=O)c1ccc(NCC2CCOCC2)c([N+](=O)[O-])c1. The van der Waals surface area contributed by atoms with E-state index in [0.29, 0.717) is 25.3 Å². The Morgan fingerprint density at radius 2 is 1.79 bits per heavy atom. The molecule has 3 aromatic carbocycles. The van der Waals surface area contributed by atoms with E-state index in [2.05, 4.69) is 55.8 Å². The number of nitrogens with one attached hydrogen (secondary N) is 3. The van der Waals surface area contributed by atoms with Crippen molar-refractivity contribution >= 4 is 61.2 Å². The normalized spacial score (nSPS) is 18.2. The summed E-state index contributed by atoms with van der Waals surface area (Å²) in [7, 11) is -4.51. The molecule has 1 amide bonds. The molecule has 62 heavy (non-hydrogen) atoms. The van der Waals surface area contributed by atoms with Gasteiger partial charge in [-0.1, -0.05) is 50.1 Å². The Bertz CT molecular complexity index is 2600. The van der Waals surface area contributed by atoms with Crippen LogP contribution in [0.1, 0.15) is 85.8 Å². The van der Waals surface area contributed by atoms with Gasteiger partial charge in [-0.2, -0.15) is 0 Å². The maximum absolute atomic E-state index is 14.1. The number of nitro groups is 1. The summed E-state index contributed by atoms with van der Waals surface area (Å²) in [6, 6.07) is 21.4. The molecule has 2 aliphatic heterocycles. The van der Waals surface area contributed by atoms with Crippen molar-refractivity contribution in [2.75, 3.05) is 62.7 Å². The Morgan fingerprint density at radius 1 is 1.03 bits per heavy atom. The number of piperazine rings is 1. The molecule has 0 bridgehead atoms. The highest BCUT2D eigenvalue weighted by Gasteiger charge is 2.31. The number of nitro benzene ring substituents is 1. The molecule has 1 atom stereocenters. The molecule has 0 unspecified atom stereocenters. The van der Waals surface area contributed by atoms with E-state index in [0.717, 1.165) is 98.2 Å². The summed E-state index contributed by atoms with van der Waals surface area (Å²) < 4.78 is 35.2. The Kier molecular flexibility index (Phi) is 12.7. The number of H-pyrrole nitrogens is 1. The van der Waals surface area contributed by atoms with Gasteiger partial charge in [0, 0.05) is 98.5 Å². The fourth-order valence-corrected chi connectivity index (χ4v) is 10.1. The average Bonchev–Trinajstić information content (AvgIpc) is 3.75. The van der Waals surface area contributed by atoms with E-state index in [1.54, 1.807) is 12.3 Å². The predicted molar refractivity (Wildman–Crippen MR) is 244 cm³/mol. The van der Waals surface area contributed by atoms with Crippen molar-refractivity contribution in [1.82, 2.24) is 19.6 Å². The van der Waals surface area contributed by atoms with Gasteiger partial charge in [0.2, 0.25) is 0 Å². The third-order valence-corrected chi connectivity index (χ3v) is 14.4. The van der Waals surface area contributed by atoms with Crippen LogP contribution in [0, 0.1) is 21.4 Å². The molecular formula is C47H54ClN7O6S. The number of amides is 1. The summed E-state index contributed by atoms with van der Waals surface area (Å²) in [6.45, 7) is 12.6. The highest BCUT2D eigenvalue weighted by atomic mass is 35.5. The molecule has 2 fully saturated rings. The van der Waals surface area contributed by atoms with E-state index in [1.165, 1.54) is 28.8 Å². The first-order valence-electron chi connectivity index (χ1n) is 21.4. The van der Waals surface area contributed by atoms with Gasteiger partial charge >= 0.3 is 0 Å². The van der Waals surface area contributed by atoms with E-state index in [9.17, 15) is 23.3 Å². The van der Waals surface area contributed by atoms with Gasteiger partial charge in [0.25, 0.3) is 21.6 Å². The molecule has 326 valence electrons. The number of pyridine rings is 1. The summed E-state index contributed by atoms with van der Waals surface area (Å²) >= 11 is 6.25. The Balaban J connectivity index is 1.02. The predicted octanol–water partition coefficient (Wildman–Crippen LogP) is 9.02. The van der Waals surface area contributed by atoms with Gasteiger partial charge in [0.05, 0.1) is 9.82 Å². The third kappa shape index (κ3) is 9.83. The van der Waals surface area contributed by atoms with Gasteiger partial charge in [0.15, 0.2) is 0 Å². The molecule has 3 aliphatic rings. The zero-order valence-electron chi connectivity index (χ0n) is 35.5. The summed E-state index contributed by atoms with van der Waals surface area (Å²) in [6.07, 6.45) is 8.49. The van der Waals surface area contributed by atoms with Crippen LogP contribution in [-0.2, 0) is 14.8 Å². The second-order valence-electron chi connectivity index (χ2n) is 17.7. The number of anilines is 2. The van der Waals surface area contributed by atoms with Crippen LogP contribution in [0.25, 0.3) is 16.6 Å². The molecule has 15 heteroatoms. The number of aromatic nitrogens is 2. The van der Waals surface area contributed by atoms with Crippen molar-refractivity contribution < 1.29 is 22.9 Å². The number of benzene rings is 3. The smallest absolute Gasteiger partial charge is 0.293 e. The summed E-state index contributed by atoms with van der Waals surface area (Å²) in [4.78, 5) is 37.8. The molecule has 2 saturated heterocycles. The number of carbonyl (C=O) groups excluding carboxylic acids is 1. The number of halogens is 1. The van der Waals surface area contributed by atoms with E-state index in [-0.39, 0.29) is 39.1 Å². The van der Waals surface area contributed by atoms with Crippen molar-refractivity contribution in [3.8, 4) is 0 Å². The van der Waals surface area contributed by atoms with Crippen molar-refractivity contribution in [2.45, 2.75) is 63.7 Å². The lowest BCUT2D eigenvalue weighted by Crippen LogP contribution is -2.47. The second-order valence-corrected chi connectivity index (χ2v) is 19.8. The Labute approximate surface area is 368 Å². The number of carbonyl (C=O) groups is 1. The van der Waals surface area contributed by atoms with E-state index in [1.807, 2.05) is 49.5 Å². The first kappa shape index (κ1) is 43.4. The molecule has 3 N–H and O–H groups in total. The highest BCUT2D eigenvalue weighted by molar-refractivity contribution is 7.90. The van der Waals surface area contributed by atoms with E-state index < -0.39 is 20.9 Å². The second kappa shape index (κ2) is 18.2. The minimum Gasteiger partial charge on any atom is -0.381 e. The van der Waals surface area contributed by atoms with Crippen LogP contribution in [0.15, 0.2) is 95.7 Å². The third-order valence-electron chi connectivity index (χ3n) is 12.8. The number of sulfonamides is 1. The lowest BCUT2D eigenvalue weighted by Gasteiger charge is -2.39. The number of ether oxygens (including phenoxy) is 1. The minimum atomic E-state index is -4.51. The maximum Gasteiger partial charge on any atom is 0.293 e. The first-order valence-corrected chi connectivity index (χ1v) is 23.3. The van der Waals surface area contributed by atoms with Crippen LogP contribution in [-0.4, -0.2) is 86.6 Å². The largest absolute Gasteiger partial charge is 0.381 e. The molecule has 0 spiro atoms. The van der Waals surface area contributed by atoms with E-state index >= 15 is 0 Å². The first-order chi connectivity index (χ1) is 29.7. The topological polar surface area (TPSA) is 163 Å². The quantitative estimate of drug-likeness (QED) is 0.0769. The fourth-order valence-electron chi connectivity index (χ4n) is 9.00. The highest BCUT2D eigenvalue weighted by Crippen LogP contribution is 2.43. The number of nitrogens with zero attached hydrogens (tertiary/aromatic N) is 4. The van der Waals surface area contributed by atoms with Gasteiger partial charge in [-0.15, -0.1) is 0 Å². The van der Waals surface area contributed by atoms with Crippen LogP contribution in [0.3, 0.4) is 0 Å². The number of allylic oxidation sites excluding steroid dienone is 1. The molecule has 0 saturated carbocycles. The van der Waals surface area contributed by atoms with Gasteiger partial charge < -0.3 is 19.9 Å². The fraction of sp³-hybridized carbons (Fsp3) is 0.404. The number of fused-ring (bicyclic) bond motifs is 1. The number of aromatic amines is 1. The molecule has 8 rings (SSSR count). The van der Waals surface area contributed by atoms with Crippen molar-refractivity contribution in [2.24, 2.45) is 11.3 Å². The maximum atomic E-state index is 14.1. The van der Waals surface area contributed by atoms with Crippen molar-refractivity contribution in [1.29, 1.82) is 0 Å². The molecular weight excluding hydrogens is 826 g/mol. The van der Waals surface area contributed by atoms with Crippen molar-refractivity contribution in [3.63, 3.8) is 0 Å². The molecule has 5 aromatic rings. The van der Waals surface area contributed by atoms with E-state index in [4.69, 9.17) is 16.3 Å². The Hall–Kier alpha value is -5.28. The number of rotatable bonds is 13. The number of hydrogen-bond donors (Lipinski definition) is 3. The molecule has 1 aliphatic carbocycles. The average molecular weight is 881 g/mol. The van der Waals surface area contributed by atoms with Gasteiger partial charge in [-0.25, -0.2) is 18.1 Å². The zero-order chi connectivity index (χ0) is 43.6. The number of hydrogen-bond acceptors (Lipinski definition) is 10. The lowest BCUT2D eigenvalue weighted by atomic mass is 9.72. The summed E-state index contributed by atoms with van der Waals surface area (Å²) in [5, 5.41) is 16.9. The van der Waals surface area contributed by atoms with Gasteiger partial charge in [-0.3, -0.25) is 19.8 Å². The molecule has 4 heterocycles. The minimum absolute atomic E-state index is 0.184. The van der Waals surface area contributed by atoms with Gasteiger partial charge in [0.1, 0.15) is 11.3 Å². The van der Waals surface area contributed by atoms with Crippen LogP contribution in [0.5, 0.6) is 0 Å². The summed E-state index contributed by atoms with van der Waals surface area (Å²) in [5.74, 6) is -0.891. The molecule has 0 radical (unpaired) electrons. The van der Waals surface area contributed by atoms with Crippen LogP contribution >= 0.6 is 11.6 Å². The molecule has 2 aromatic heterocycles. The van der Waals surface area contributed by atoms with Crippen LogP contribution < -0.4 is 14.9 Å². The Morgan fingerprint density at radius 3 is 2.53 bits per heavy atom. The van der Waals surface area contributed by atoms with Crippen LogP contribution in [0.4, 0.5) is 17.1 Å². The summed E-state index contributed by atoms with van der Waals surface area (Å²) in [5.41, 5.74) is 7.56.